The molecule has 4 nitrogen and oxygen atoms in total. The predicted octanol–water partition coefficient (Wildman–Crippen LogP) is 2.65. The fourth-order valence-electron chi connectivity index (χ4n) is 1.45. The van der Waals surface area contributed by atoms with Crippen molar-refractivity contribution in [3.05, 3.63) is 28.7 Å². The molecule has 2 aromatic rings. The van der Waals surface area contributed by atoms with Gasteiger partial charge in [0, 0.05) is 4.88 Å². The Hall–Kier alpha value is -1.62. The van der Waals surface area contributed by atoms with Crippen LogP contribution in [0.4, 0.5) is 0 Å². The molecule has 0 aliphatic carbocycles. The van der Waals surface area contributed by atoms with Crippen LogP contribution in [-0.2, 0) is 11.2 Å². The molecule has 0 radical (unpaired) electrons. The molecule has 0 spiro atoms. The van der Waals surface area contributed by atoms with Gasteiger partial charge in [0.25, 0.3) is 0 Å². The molecule has 16 heavy (non-hydrogen) atoms. The first kappa shape index (κ1) is 10.9. The Morgan fingerprint density at radius 3 is 2.88 bits per heavy atom. The third kappa shape index (κ3) is 1.99. The lowest BCUT2D eigenvalue weighted by Crippen LogP contribution is -1.99. The fourth-order valence-corrected chi connectivity index (χ4v) is 2.58. The Morgan fingerprint density at radius 1 is 1.56 bits per heavy atom. The number of aromatic nitrogens is 1. The summed E-state index contributed by atoms with van der Waals surface area (Å²) in [4.78, 5) is 15.8. The Balaban J connectivity index is 2.38. The lowest BCUT2D eigenvalue weighted by atomic mass is 10.3. The number of carboxylic acids is 1. The van der Waals surface area contributed by atoms with E-state index in [0.717, 1.165) is 26.9 Å². The van der Waals surface area contributed by atoms with E-state index in [2.05, 4.69) is 4.98 Å². The normalized spacial score (nSPS) is 10.6. The number of furan rings is 1. The Bertz CT molecular complexity index is 527. The van der Waals surface area contributed by atoms with E-state index in [1.807, 2.05) is 19.9 Å². The number of hydrogen-bond acceptors (Lipinski definition) is 4. The van der Waals surface area contributed by atoms with Crippen LogP contribution in [-0.4, -0.2) is 16.1 Å². The highest BCUT2D eigenvalue weighted by atomic mass is 32.1. The van der Waals surface area contributed by atoms with Crippen molar-refractivity contribution in [2.75, 3.05) is 0 Å². The van der Waals surface area contributed by atoms with E-state index < -0.39 is 5.97 Å². The van der Waals surface area contributed by atoms with Crippen LogP contribution in [0.2, 0.25) is 0 Å². The van der Waals surface area contributed by atoms with Crippen molar-refractivity contribution in [2.45, 2.75) is 20.3 Å². The lowest BCUT2D eigenvalue weighted by Gasteiger charge is -1.90. The first-order valence-electron chi connectivity index (χ1n) is 4.80. The SMILES string of the molecule is Cc1nc(-c2ccoc2C)sc1CC(=O)O. The van der Waals surface area contributed by atoms with Crippen molar-refractivity contribution in [2.24, 2.45) is 0 Å². The third-order valence-electron chi connectivity index (χ3n) is 2.29. The second kappa shape index (κ2) is 4.09. The van der Waals surface area contributed by atoms with Crippen LogP contribution < -0.4 is 0 Å². The zero-order chi connectivity index (χ0) is 11.7. The van der Waals surface area contributed by atoms with E-state index in [1.54, 1.807) is 6.26 Å². The molecule has 1 N–H and O–H groups in total. The standard InChI is InChI=1S/C11H11NO3S/c1-6-9(5-10(13)14)16-11(12-6)8-3-4-15-7(8)2/h3-4H,5H2,1-2H3,(H,13,14). The smallest absolute Gasteiger partial charge is 0.308 e. The fraction of sp³-hybridized carbons (Fsp3) is 0.273. The molecule has 0 saturated carbocycles. The van der Waals surface area contributed by atoms with Crippen LogP contribution in [0.3, 0.4) is 0 Å². The molecule has 2 aromatic heterocycles. The van der Waals surface area contributed by atoms with Gasteiger partial charge in [-0.25, -0.2) is 4.98 Å². The minimum absolute atomic E-state index is 0.0282. The van der Waals surface area contributed by atoms with Gasteiger partial charge in [0.2, 0.25) is 0 Å². The Kier molecular flexibility index (Phi) is 2.78. The molecular formula is C11H11NO3S. The molecule has 84 valence electrons. The van der Waals surface area contributed by atoms with Gasteiger partial charge in [-0.05, 0) is 19.9 Å². The third-order valence-corrected chi connectivity index (χ3v) is 3.48. The highest BCUT2D eigenvalue weighted by molar-refractivity contribution is 7.15. The molecule has 0 saturated heterocycles. The number of hydrogen-bond donors (Lipinski definition) is 1. The Morgan fingerprint density at radius 2 is 2.31 bits per heavy atom. The molecule has 2 rings (SSSR count). The van der Waals surface area contributed by atoms with Crippen LogP contribution in [0.5, 0.6) is 0 Å². The molecule has 0 aliphatic rings. The van der Waals surface area contributed by atoms with E-state index in [1.165, 1.54) is 11.3 Å². The Labute approximate surface area is 96.6 Å². The van der Waals surface area contributed by atoms with Crippen molar-refractivity contribution in [3.63, 3.8) is 0 Å². The van der Waals surface area contributed by atoms with Crippen LogP contribution >= 0.6 is 11.3 Å². The van der Waals surface area contributed by atoms with E-state index in [9.17, 15) is 4.79 Å². The maximum absolute atomic E-state index is 10.6. The van der Waals surface area contributed by atoms with E-state index in [0.29, 0.717) is 0 Å². The lowest BCUT2D eigenvalue weighted by molar-refractivity contribution is -0.136. The molecule has 0 atom stereocenters. The van der Waals surface area contributed by atoms with Crippen LogP contribution in [0.25, 0.3) is 10.6 Å². The summed E-state index contributed by atoms with van der Waals surface area (Å²) in [6, 6.07) is 1.85. The number of carboxylic acid groups (broad SMARTS) is 1. The van der Waals surface area contributed by atoms with E-state index in [4.69, 9.17) is 9.52 Å². The molecule has 2 heterocycles. The largest absolute Gasteiger partial charge is 0.481 e. The summed E-state index contributed by atoms with van der Waals surface area (Å²) in [5, 5.41) is 9.57. The quantitative estimate of drug-likeness (QED) is 0.891. The highest BCUT2D eigenvalue weighted by Crippen LogP contribution is 2.30. The van der Waals surface area contributed by atoms with Crippen molar-refractivity contribution >= 4 is 17.3 Å². The number of carbonyl (C=O) groups is 1. The summed E-state index contributed by atoms with van der Waals surface area (Å²) in [6.07, 6.45) is 1.64. The maximum atomic E-state index is 10.6. The van der Waals surface area contributed by atoms with Gasteiger partial charge in [-0.1, -0.05) is 0 Å². The second-order valence-corrected chi connectivity index (χ2v) is 4.57. The van der Waals surface area contributed by atoms with Gasteiger partial charge < -0.3 is 9.52 Å². The molecular weight excluding hydrogens is 226 g/mol. The number of aryl methyl sites for hydroxylation is 2. The zero-order valence-corrected chi connectivity index (χ0v) is 9.80. The van der Waals surface area contributed by atoms with Gasteiger partial charge in [0.1, 0.15) is 10.8 Å². The highest BCUT2D eigenvalue weighted by Gasteiger charge is 2.14. The van der Waals surface area contributed by atoms with Gasteiger partial charge in [0.15, 0.2) is 0 Å². The summed E-state index contributed by atoms with van der Waals surface area (Å²) >= 11 is 1.41. The van der Waals surface area contributed by atoms with Crippen molar-refractivity contribution in [3.8, 4) is 10.6 Å². The number of aliphatic carboxylic acids is 1. The van der Waals surface area contributed by atoms with Gasteiger partial charge in [-0.15, -0.1) is 11.3 Å². The van der Waals surface area contributed by atoms with E-state index >= 15 is 0 Å². The minimum atomic E-state index is -0.831. The van der Waals surface area contributed by atoms with Crippen molar-refractivity contribution < 1.29 is 14.3 Å². The summed E-state index contributed by atoms with van der Waals surface area (Å²) in [5.74, 6) is -0.0298. The summed E-state index contributed by atoms with van der Waals surface area (Å²) in [5.41, 5.74) is 1.72. The zero-order valence-electron chi connectivity index (χ0n) is 8.98. The van der Waals surface area contributed by atoms with Gasteiger partial charge in [0.05, 0.1) is 23.9 Å². The number of rotatable bonds is 3. The predicted molar refractivity (Wildman–Crippen MR) is 60.6 cm³/mol. The topological polar surface area (TPSA) is 63.3 Å². The van der Waals surface area contributed by atoms with E-state index in [-0.39, 0.29) is 6.42 Å². The summed E-state index contributed by atoms with van der Waals surface area (Å²) < 4.78 is 5.20. The summed E-state index contributed by atoms with van der Waals surface area (Å²) in [7, 11) is 0. The average Bonchev–Trinajstić information content (AvgIpc) is 2.73. The molecule has 0 amide bonds. The molecule has 0 unspecified atom stereocenters. The van der Waals surface area contributed by atoms with Gasteiger partial charge in [-0.2, -0.15) is 0 Å². The minimum Gasteiger partial charge on any atom is -0.481 e. The maximum Gasteiger partial charge on any atom is 0.308 e. The second-order valence-electron chi connectivity index (χ2n) is 3.49. The first-order chi connectivity index (χ1) is 7.58. The number of thiazole rings is 1. The molecule has 0 fully saturated rings. The van der Waals surface area contributed by atoms with Gasteiger partial charge >= 0.3 is 5.97 Å². The van der Waals surface area contributed by atoms with Crippen molar-refractivity contribution in [1.29, 1.82) is 0 Å². The summed E-state index contributed by atoms with van der Waals surface area (Å²) in [6.45, 7) is 3.69. The molecule has 5 heteroatoms. The molecule has 0 bridgehead atoms. The number of nitrogens with zero attached hydrogens (tertiary/aromatic N) is 1. The molecule has 0 aromatic carbocycles. The van der Waals surface area contributed by atoms with Gasteiger partial charge in [-0.3, -0.25) is 4.79 Å². The van der Waals surface area contributed by atoms with Crippen LogP contribution in [0, 0.1) is 13.8 Å². The molecule has 0 aliphatic heterocycles. The van der Waals surface area contributed by atoms with Crippen LogP contribution in [0.15, 0.2) is 16.7 Å². The van der Waals surface area contributed by atoms with Crippen LogP contribution in [0.1, 0.15) is 16.3 Å². The average molecular weight is 237 g/mol. The first-order valence-corrected chi connectivity index (χ1v) is 5.62. The van der Waals surface area contributed by atoms with Crippen molar-refractivity contribution in [1.82, 2.24) is 4.98 Å². The monoisotopic (exact) mass is 237 g/mol.